The van der Waals surface area contributed by atoms with E-state index in [2.05, 4.69) is 38.0 Å². The topological polar surface area (TPSA) is 84.6 Å². The number of benzene rings is 1. The number of carbonyl (C=O) groups excluding carboxylic acids is 1. The molecule has 1 aliphatic carbocycles. The molecule has 1 aromatic heterocycles. The average molecular weight is 379 g/mol. The monoisotopic (exact) mass is 379 g/mol. The van der Waals surface area contributed by atoms with Crippen LogP contribution >= 0.6 is 0 Å². The quantitative estimate of drug-likeness (QED) is 0.869. The molecule has 2 N–H and O–H groups in total. The van der Waals surface area contributed by atoms with Gasteiger partial charge in [0.1, 0.15) is 5.75 Å². The SMILES string of the molecule is COc1ccc2c(c1)CCC2N1CC2CN(c3ncc(C(N)=O)cn3)CC2C1. The van der Waals surface area contributed by atoms with E-state index in [1.165, 1.54) is 29.9 Å². The van der Waals surface area contributed by atoms with Crippen LogP contribution in [0.1, 0.15) is 33.9 Å². The number of aryl methyl sites for hydroxylation is 1. The number of carbonyl (C=O) groups is 1. The van der Waals surface area contributed by atoms with Crippen LogP contribution in [0.4, 0.5) is 5.95 Å². The van der Waals surface area contributed by atoms with Gasteiger partial charge in [-0.15, -0.1) is 0 Å². The molecule has 3 atom stereocenters. The summed E-state index contributed by atoms with van der Waals surface area (Å²) < 4.78 is 5.38. The third kappa shape index (κ3) is 2.90. The molecule has 1 aromatic carbocycles. The minimum absolute atomic E-state index is 0.353. The van der Waals surface area contributed by atoms with E-state index < -0.39 is 5.91 Å². The number of primary amides is 1. The molecule has 0 spiro atoms. The fraction of sp³-hybridized carbons (Fsp3) is 0.476. The van der Waals surface area contributed by atoms with Gasteiger partial charge in [0.2, 0.25) is 5.95 Å². The number of rotatable bonds is 4. The van der Waals surface area contributed by atoms with Crippen molar-refractivity contribution < 1.29 is 9.53 Å². The molecule has 0 saturated carbocycles. The summed E-state index contributed by atoms with van der Waals surface area (Å²) in [6.45, 7) is 4.19. The first-order valence-corrected chi connectivity index (χ1v) is 9.90. The number of hydrogen-bond donors (Lipinski definition) is 1. The van der Waals surface area contributed by atoms with Crippen LogP contribution in [-0.2, 0) is 6.42 Å². The Morgan fingerprint density at radius 2 is 1.86 bits per heavy atom. The second-order valence-electron chi connectivity index (χ2n) is 8.13. The highest BCUT2D eigenvalue weighted by Gasteiger charge is 2.44. The van der Waals surface area contributed by atoms with Crippen molar-refractivity contribution in [2.45, 2.75) is 18.9 Å². The zero-order valence-corrected chi connectivity index (χ0v) is 16.0. The average Bonchev–Trinajstić information content (AvgIpc) is 3.39. The van der Waals surface area contributed by atoms with Crippen molar-refractivity contribution in [2.75, 3.05) is 38.2 Å². The fourth-order valence-corrected chi connectivity index (χ4v) is 5.14. The Morgan fingerprint density at radius 3 is 2.50 bits per heavy atom. The predicted octanol–water partition coefficient (Wildman–Crippen LogP) is 1.64. The molecule has 2 fully saturated rings. The Balaban J connectivity index is 1.25. The summed E-state index contributed by atoms with van der Waals surface area (Å²) in [6.07, 6.45) is 5.38. The van der Waals surface area contributed by atoms with Gasteiger partial charge in [0, 0.05) is 44.6 Å². The van der Waals surface area contributed by atoms with Crippen LogP contribution < -0.4 is 15.4 Å². The Hall–Kier alpha value is -2.67. The number of nitrogens with zero attached hydrogens (tertiary/aromatic N) is 4. The van der Waals surface area contributed by atoms with Crippen molar-refractivity contribution in [1.82, 2.24) is 14.9 Å². The Morgan fingerprint density at radius 1 is 1.14 bits per heavy atom. The summed E-state index contributed by atoms with van der Waals surface area (Å²) in [5.74, 6) is 2.44. The molecule has 0 bridgehead atoms. The maximum atomic E-state index is 11.2. The van der Waals surface area contributed by atoms with Crippen LogP contribution in [0.25, 0.3) is 0 Å². The molecular weight excluding hydrogens is 354 g/mol. The second kappa shape index (κ2) is 6.74. The molecule has 3 unspecified atom stereocenters. The minimum atomic E-state index is -0.491. The van der Waals surface area contributed by atoms with Crippen molar-refractivity contribution in [3.05, 3.63) is 47.3 Å². The lowest BCUT2D eigenvalue weighted by molar-refractivity contribution is 0.0999. The van der Waals surface area contributed by atoms with E-state index in [-0.39, 0.29) is 0 Å². The lowest BCUT2D eigenvalue weighted by Crippen LogP contribution is -2.31. The highest BCUT2D eigenvalue weighted by molar-refractivity contribution is 5.92. The van der Waals surface area contributed by atoms with Crippen LogP contribution in [0.15, 0.2) is 30.6 Å². The molecule has 0 radical (unpaired) electrons. The van der Waals surface area contributed by atoms with Gasteiger partial charge in [-0.1, -0.05) is 6.07 Å². The number of nitrogens with two attached hydrogens (primary N) is 1. The smallest absolute Gasteiger partial charge is 0.251 e. The highest BCUT2D eigenvalue weighted by atomic mass is 16.5. The van der Waals surface area contributed by atoms with Crippen molar-refractivity contribution in [1.29, 1.82) is 0 Å². The van der Waals surface area contributed by atoms with Crippen molar-refractivity contribution in [3.8, 4) is 5.75 Å². The highest BCUT2D eigenvalue weighted by Crippen LogP contribution is 2.42. The van der Waals surface area contributed by atoms with E-state index >= 15 is 0 Å². The number of fused-ring (bicyclic) bond motifs is 2. The van der Waals surface area contributed by atoms with E-state index in [1.54, 1.807) is 7.11 Å². The fourth-order valence-electron chi connectivity index (χ4n) is 5.14. The summed E-state index contributed by atoms with van der Waals surface area (Å²) in [4.78, 5) is 24.8. The van der Waals surface area contributed by atoms with Gasteiger partial charge >= 0.3 is 0 Å². The zero-order chi connectivity index (χ0) is 19.3. The maximum absolute atomic E-state index is 11.2. The molecule has 2 aliphatic heterocycles. The number of hydrogen-bond acceptors (Lipinski definition) is 6. The van der Waals surface area contributed by atoms with E-state index in [0.29, 0.717) is 29.4 Å². The second-order valence-corrected chi connectivity index (χ2v) is 8.13. The minimum Gasteiger partial charge on any atom is -0.497 e. The van der Waals surface area contributed by atoms with E-state index in [1.807, 2.05) is 0 Å². The van der Waals surface area contributed by atoms with Gasteiger partial charge in [0.05, 0.1) is 12.7 Å². The number of ether oxygens (including phenoxy) is 1. The molecule has 3 aliphatic rings. The first-order chi connectivity index (χ1) is 13.6. The van der Waals surface area contributed by atoms with Crippen molar-refractivity contribution in [2.24, 2.45) is 17.6 Å². The first kappa shape index (κ1) is 17.4. The van der Waals surface area contributed by atoms with Crippen molar-refractivity contribution in [3.63, 3.8) is 0 Å². The van der Waals surface area contributed by atoms with Gasteiger partial charge in [-0.2, -0.15) is 0 Å². The van der Waals surface area contributed by atoms with Crippen LogP contribution in [-0.4, -0.2) is 54.1 Å². The number of anilines is 1. The van der Waals surface area contributed by atoms with Crippen molar-refractivity contribution >= 4 is 11.9 Å². The van der Waals surface area contributed by atoms with Gasteiger partial charge in [-0.05, 0) is 47.9 Å². The maximum Gasteiger partial charge on any atom is 0.251 e. The zero-order valence-electron chi connectivity index (χ0n) is 16.0. The summed E-state index contributed by atoms with van der Waals surface area (Å²) in [6, 6.07) is 7.07. The summed E-state index contributed by atoms with van der Waals surface area (Å²) in [7, 11) is 1.73. The third-order valence-electron chi connectivity index (χ3n) is 6.56. The van der Waals surface area contributed by atoms with E-state index in [9.17, 15) is 4.79 Å². The van der Waals surface area contributed by atoms with Gasteiger partial charge in [-0.3, -0.25) is 9.69 Å². The molecule has 7 heteroatoms. The summed E-state index contributed by atoms with van der Waals surface area (Å²) in [5.41, 5.74) is 8.54. The molecule has 28 heavy (non-hydrogen) atoms. The number of likely N-dealkylation sites (tertiary alicyclic amines) is 1. The molecule has 2 saturated heterocycles. The Labute approximate surface area is 164 Å². The van der Waals surface area contributed by atoms with Gasteiger partial charge < -0.3 is 15.4 Å². The van der Waals surface area contributed by atoms with Crippen LogP contribution in [0.5, 0.6) is 5.75 Å². The largest absolute Gasteiger partial charge is 0.497 e. The number of amides is 1. The lowest BCUT2D eigenvalue weighted by Gasteiger charge is -2.27. The van der Waals surface area contributed by atoms with E-state index in [0.717, 1.165) is 38.3 Å². The Bertz CT molecular complexity index is 886. The summed E-state index contributed by atoms with van der Waals surface area (Å²) in [5, 5.41) is 0. The number of aromatic nitrogens is 2. The third-order valence-corrected chi connectivity index (χ3v) is 6.56. The molecular formula is C21H25N5O2. The molecule has 5 rings (SSSR count). The normalized spacial score (nSPS) is 26.3. The molecule has 7 nitrogen and oxygen atoms in total. The molecule has 146 valence electrons. The van der Waals surface area contributed by atoms with Crippen LogP contribution in [0, 0.1) is 11.8 Å². The van der Waals surface area contributed by atoms with Crippen LogP contribution in [0.2, 0.25) is 0 Å². The standard InChI is InChI=1S/C21H25N5O2/c1-28-17-3-4-18-13(6-17)2-5-19(18)25-9-15-11-26(12-16(15)10-25)21-23-7-14(8-24-21)20(22)27/h3-4,6-8,15-16,19H,2,5,9-12H2,1H3,(H2,22,27). The predicted molar refractivity (Wildman–Crippen MR) is 105 cm³/mol. The van der Waals surface area contributed by atoms with Gasteiger partial charge in [0.15, 0.2) is 0 Å². The summed E-state index contributed by atoms with van der Waals surface area (Å²) >= 11 is 0. The molecule has 3 heterocycles. The van der Waals surface area contributed by atoms with E-state index in [4.69, 9.17) is 10.5 Å². The van der Waals surface area contributed by atoms with Gasteiger partial charge in [-0.25, -0.2) is 9.97 Å². The van der Waals surface area contributed by atoms with Crippen LogP contribution in [0.3, 0.4) is 0 Å². The molecule has 2 aromatic rings. The molecule has 1 amide bonds. The lowest BCUT2D eigenvalue weighted by atomic mass is 10.0. The first-order valence-electron chi connectivity index (χ1n) is 9.90. The van der Waals surface area contributed by atoms with Gasteiger partial charge in [0.25, 0.3) is 5.91 Å². The number of methoxy groups -OCH3 is 1. The Kier molecular flexibility index (Phi) is 4.19.